The minimum Gasteiger partial charge on any atom is -0.484 e. The molecule has 2 aromatic rings. The number of thiophene rings is 1. The Hall–Kier alpha value is -1.75. The van der Waals surface area contributed by atoms with Gasteiger partial charge < -0.3 is 15.2 Å². The van der Waals surface area contributed by atoms with E-state index in [0.29, 0.717) is 11.4 Å². The number of hydrogen-bond donors (Lipinski definition) is 2. The van der Waals surface area contributed by atoms with Crippen molar-refractivity contribution in [1.82, 2.24) is 5.32 Å². The number of hydrogen-bond acceptors (Lipinski definition) is 7. The molecular weight excluding hydrogens is 420 g/mol. The average molecular weight is 445 g/mol. The standard InChI is InChI=1S/C18H24N2O5S3/c1-13(16(11-21)26-3)19-17(22)12-25-15-8-6-14(7-9-15)20(2)28(23,24)18-5-4-10-27-18/h4-10,13,16,21H,11-12H2,1-3H3,(H,19,22)/t13-,16+/m0/s1. The molecule has 0 aliphatic carbocycles. The summed E-state index contributed by atoms with van der Waals surface area (Å²) in [5, 5.41) is 13.7. The summed E-state index contributed by atoms with van der Waals surface area (Å²) in [6, 6.07) is 9.54. The molecule has 10 heteroatoms. The number of anilines is 1. The molecule has 2 N–H and O–H groups in total. The van der Waals surface area contributed by atoms with Crippen LogP contribution in [0.3, 0.4) is 0 Å². The maximum Gasteiger partial charge on any atom is 0.273 e. The van der Waals surface area contributed by atoms with E-state index in [1.165, 1.54) is 23.1 Å². The molecule has 0 spiro atoms. The molecule has 1 amide bonds. The summed E-state index contributed by atoms with van der Waals surface area (Å²) in [6.07, 6.45) is 1.87. The molecule has 7 nitrogen and oxygen atoms in total. The molecule has 0 unspecified atom stereocenters. The van der Waals surface area contributed by atoms with Crippen LogP contribution in [0.2, 0.25) is 0 Å². The van der Waals surface area contributed by atoms with Gasteiger partial charge in [-0.05, 0) is 48.9 Å². The van der Waals surface area contributed by atoms with E-state index in [4.69, 9.17) is 4.74 Å². The highest BCUT2D eigenvalue weighted by Gasteiger charge is 2.22. The molecule has 28 heavy (non-hydrogen) atoms. The van der Waals surface area contributed by atoms with Crippen LogP contribution in [0.5, 0.6) is 5.75 Å². The Morgan fingerprint density at radius 1 is 1.32 bits per heavy atom. The molecule has 0 radical (unpaired) electrons. The summed E-state index contributed by atoms with van der Waals surface area (Å²) in [6.45, 7) is 1.64. The number of ether oxygens (including phenoxy) is 1. The lowest BCUT2D eigenvalue weighted by Crippen LogP contribution is -2.43. The van der Waals surface area contributed by atoms with Crippen molar-refractivity contribution in [3.05, 3.63) is 41.8 Å². The van der Waals surface area contributed by atoms with Gasteiger partial charge in [0, 0.05) is 18.3 Å². The molecule has 1 aromatic heterocycles. The Bertz CT molecular complexity index is 850. The van der Waals surface area contributed by atoms with E-state index in [0.717, 1.165) is 11.3 Å². The van der Waals surface area contributed by atoms with E-state index in [2.05, 4.69) is 5.32 Å². The van der Waals surface area contributed by atoms with Crippen LogP contribution in [0.15, 0.2) is 46.0 Å². The van der Waals surface area contributed by atoms with Crippen molar-refractivity contribution >= 4 is 44.7 Å². The van der Waals surface area contributed by atoms with Crippen molar-refractivity contribution in [2.45, 2.75) is 22.4 Å². The van der Waals surface area contributed by atoms with Crippen LogP contribution in [-0.4, -0.2) is 57.2 Å². The molecule has 0 fully saturated rings. The summed E-state index contributed by atoms with van der Waals surface area (Å²) >= 11 is 2.64. The lowest BCUT2D eigenvalue weighted by molar-refractivity contribution is -0.123. The Kier molecular flexibility index (Phi) is 8.17. The minimum absolute atomic E-state index is 0.0210. The topological polar surface area (TPSA) is 95.9 Å². The first-order chi connectivity index (χ1) is 13.3. The molecule has 0 bridgehead atoms. The largest absolute Gasteiger partial charge is 0.484 e. The van der Waals surface area contributed by atoms with E-state index < -0.39 is 10.0 Å². The molecule has 154 valence electrons. The Morgan fingerprint density at radius 2 is 2.00 bits per heavy atom. The predicted molar refractivity (Wildman–Crippen MR) is 114 cm³/mol. The van der Waals surface area contributed by atoms with Crippen molar-refractivity contribution < 1.29 is 23.1 Å². The second-order valence-corrected chi connectivity index (χ2v) is 10.2. The number of carbonyl (C=O) groups excluding carboxylic acids is 1. The summed E-state index contributed by atoms with van der Waals surface area (Å²) in [4.78, 5) is 12.0. The number of aliphatic hydroxyl groups is 1. The number of carbonyl (C=O) groups is 1. The van der Waals surface area contributed by atoms with E-state index in [-0.39, 0.29) is 34.6 Å². The monoisotopic (exact) mass is 444 g/mol. The van der Waals surface area contributed by atoms with Gasteiger partial charge in [-0.3, -0.25) is 9.10 Å². The summed E-state index contributed by atoms with van der Waals surface area (Å²) < 4.78 is 32.0. The van der Waals surface area contributed by atoms with Gasteiger partial charge in [0.15, 0.2) is 6.61 Å². The van der Waals surface area contributed by atoms with Crippen LogP contribution in [0.1, 0.15) is 6.92 Å². The average Bonchev–Trinajstić information content (AvgIpc) is 3.23. The third kappa shape index (κ3) is 5.63. The van der Waals surface area contributed by atoms with Gasteiger partial charge in [-0.25, -0.2) is 8.42 Å². The number of benzene rings is 1. The molecule has 0 saturated heterocycles. The number of thioether (sulfide) groups is 1. The second kappa shape index (κ2) is 10.1. The van der Waals surface area contributed by atoms with E-state index in [1.54, 1.807) is 41.8 Å². The smallest absolute Gasteiger partial charge is 0.273 e. The number of rotatable bonds is 10. The van der Waals surface area contributed by atoms with Crippen molar-refractivity contribution in [3.8, 4) is 5.75 Å². The molecule has 0 saturated carbocycles. The fraction of sp³-hybridized carbons (Fsp3) is 0.389. The van der Waals surface area contributed by atoms with Gasteiger partial charge in [-0.1, -0.05) is 6.07 Å². The predicted octanol–water partition coefficient (Wildman–Crippen LogP) is 2.18. The first kappa shape index (κ1) is 22.5. The normalized spacial score (nSPS) is 13.6. The first-order valence-electron chi connectivity index (χ1n) is 8.48. The van der Waals surface area contributed by atoms with Crippen LogP contribution in [-0.2, 0) is 14.8 Å². The molecule has 1 aromatic carbocycles. The lowest BCUT2D eigenvalue weighted by Gasteiger charge is -2.21. The summed E-state index contributed by atoms with van der Waals surface area (Å²) in [7, 11) is -2.10. The number of amides is 1. The van der Waals surface area contributed by atoms with Crippen LogP contribution in [0, 0.1) is 0 Å². The highest BCUT2D eigenvalue weighted by molar-refractivity contribution is 7.99. The van der Waals surface area contributed by atoms with Crippen molar-refractivity contribution in [1.29, 1.82) is 0 Å². The van der Waals surface area contributed by atoms with Gasteiger partial charge in [0.2, 0.25) is 0 Å². The minimum atomic E-state index is -3.59. The van der Waals surface area contributed by atoms with E-state index in [1.807, 2.05) is 13.2 Å². The third-order valence-corrected chi connectivity index (χ3v) is 8.43. The zero-order valence-corrected chi connectivity index (χ0v) is 18.3. The van der Waals surface area contributed by atoms with Gasteiger partial charge in [0.25, 0.3) is 15.9 Å². The van der Waals surface area contributed by atoms with Gasteiger partial charge in [0.05, 0.1) is 12.3 Å². The first-order valence-corrected chi connectivity index (χ1v) is 12.1. The lowest BCUT2D eigenvalue weighted by atomic mass is 10.2. The highest BCUT2D eigenvalue weighted by Crippen LogP contribution is 2.26. The zero-order chi connectivity index (χ0) is 20.7. The fourth-order valence-corrected chi connectivity index (χ4v) is 5.39. The Balaban J connectivity index is 1.93. The van der Waals surface area contributed by atoms with E-state index in [9.17, 15) is 18.3 Å². The summed E-state index contributed by atoms with van der Waals surface area (Å²) in [5.74, 6) is 0.165. The number of aliphatic hydroxyl groups excluding tert-OH is 1. The van der Waals surface area contributed by atoms with Crippen LogP contribution in [0.25, 0.3) is 0 Å². The van der Waals surface area contributed by atoms with E-state index >= 15 is 0 Å². The van der Waals surface area contributed by atoms with Crippen molar-refractivity contribution in [2.24, 2.45) is 0 Å². The van der Waals surface area contributed by atoms with Crippen LogP contribution < -0.4 is 14.4 Å². The van der Waals surface area contributed by atoms with Gasteiger partial charge >= 0.3 is 0 Å². The maximum atomic E-state index is 12.5. The van der Waals surface area contributed by atoms with Gasteiger partial charge in [-0.15, -0.1) is 11.3 Å². The summed E-state index contributed by atoms with van der Waals surface area (Å²) in [5.41, 5.74) is 0.490. The van der Waals surface area contributed by atoms with Crippen LogP contribution >= 0.6 is 23.1 Å². The van der Waals surface area contributed by atoms with Gasteiger partial charge in [0.1, 0.15) is 9.96 Å². The van der Waals surface area contributed by atoms with Crippen molar-refractivity contribution in [2.75, 3.05) is 30.8 Å². The molecule has 0 aliphatic heterocycles. The van der Waals surface area contributed by atoms with Gasteiger partial charge in [-0.2, -0.15) is 11.8 Å². The number of sulfonamides is 1. The molecule has 2 atom stereocenters. The molecular formula is C18H24N2O5S3. The fourth-order valence-electron chi connectivity index (χ4n) is 2.41. The van der Waals surface area contributed by atoms with Crippen molar-refractivity contribution in [3.63, 3.8) is 0 Å². The quantitative estimate of drug-likeness (QED) is 0.583. The molecule has 1 heterocycles. The SMILES string of the molecule is CS[C@H](CO)[C@H](C)NC(=O)COc1ccc(N(C)S(=O)(=O)c2cccs2)cc1. The maximum absolute atomic E-state index is 12.5. The Morgan fingerprint density at radius 3 is 2.54 bits per heavy atom. The third-order valence-electron chi connectivity index (χ3n) is 4.11. The molecule has 2 rings (SSSR count). The highest BCUT2D eigenvalue weighted by atomic mass is 32.2. The molecule has 0 aliphatic rings. The number of nitrogens with zero attached hydrogens (tertiary/aromatic N) is 1. The van der Waals surface area contributed by atoms with Crippen LogP contribution in [0.4, 0.5) is 5.69 Å². The number of nitrogens with one attached hydrogen (secondary N) is 1. The second-order valence-electron chi connectivity index (χ2n) is 6.00. The zero-order valence-electron chi connectivity index (χ0n) is 15.9. The Labute approximate surface area is 173 Å².